The highest BCUT2D eigenvalue weighted by Gasteiger charge is 2.38. The summed E-state index contributed by atoms with van der Waals surface area (Å²) in [5.41, 5.74) is 6.17. The highest BCUT2D eigenvalue weighted by molar-refractivity contribution is 6.10. The zero-order valence-electron chi connectivity index (χ0n) is 18.4. The average molecular weight is 441 g/mol. The van der Waals surface area contributed by atoms with Crippen LogP contribution in [0.5, 0.6) is 0 Å². The molecule has 1 saturated carbocycles. The molecule has 1 aliphatic carbocycles. The molecule has 2 N–H and O–H groups in total. The Morgan fingerprint density at radius 2 is 2.03 bits per heavy atom. The fourth-order valence-corrected chi connectivity index (χ4v) is 4.27. The van der Waals surface area contributed by atoms with Crippen molar-refractivity contribution >= 4 is 17.7 Å². The van der Waals surface area contributed by atoms with E-state index in [0.717, 1.165) is 46.5 Å². The average Bonchev–Trinajstić information content (AvgIpc) is 3.62. The first-order valence-corrected chi connectivity index (χ1v) is 11.1. The number of aryl methyl sites for hydroxylation is 1. The van der Waals surface area contributed by atoms with E-state index in [1.807, 2.05) is 42.2 Å². The minimum Gasteiger partial charge on any atom is -0.386 e. The van der Waals surface area contributed by atoms with Crippen LogP contribution in [0.25, 0.3) is 16.8 Å². The molecule has 33 heavy (non-hydrogen) atoms. The number of fused-ring (bicyclic) bond motifs is 1. The number of halogens is 1. The van der Waals surface area contributed by atoms with Crippen LogP contribution in [0.4, 0.5) is 4.39 Å². The van der Waals surface area contributed by atoms with E-state index in [4.69, 9.17) is 10.4 Å². The molecular weight excluding hydrogens is 415 g/mol. The number of nitrogens with one attached hydrogen (secondary N) is 2. The SMILES string of the molecule is Cc1ccc(/C(C=N)=C/NCc2ccccc2F)c(-c2ccc3c(c2)C(=O)N(C2CC2)C3)n1. The highest BCUT2D eigenvalue weighted by Crippen LogP contribution is 2.37. The number of pyridine rings is 1. The lowest BCUT2D eigenvalue weighted by Gasteiger charge is -2.13. The van der Waals surface area contributed by atoms with Crippen molar-refractivity contribution in [2.75, 3.05) is 0 Å². The summed E-state index contributed by atoms with van der Waals surface area (Å²) in [7, 11) is 0. The van der Waals surface area contributed by atoms with Gasteiger partial charge in [-0.3, -0.25) is 9.78 Å². The van der Waals surface area contributed by atoms with Crippen LogP contribution in [-0.4, -0.2) is 28.0 Å². The van der Waals surface area contributed by atoms with Gasteiger partial charge in [-0.2, -0.15) is 0 Å². The predicted octanol–water partition coefficient (Wildman–Crippen LogP) is 5.09. The van der Waals surface area contributed by atoms with Gasteiger partial charge in [0, 0.05) is 65.1 Å². The fourth-order valence-electron chi connectivity index (χ4n) is 4.27. The van der Waals surface area contributed by atoms with Crippen molar-refractivity contribution in [2.24, 2.45) is 0 Å². The minimum atomic E-state index is -0.268. The summed E-state index contributed by atoms with van der Waals surface area (Å²) in [5, 5.41) is 11.1. The van der Waals surface area contributed by atoms with Gasteiger partial charge in [-0.15, -0.1) is 0 Å². The molecule has 5 rings (SSSR count). The molecule has 166 valence electrons. The summed E-state index contributed by atoms with van der Waals surface area (Å²) in [6.45, 7) is 2.91. The van der Waals surface area contributed by atoms with E-state index in [-0.39, 0.29) is 11.7 Å². The van der Waals surface area contributed by atoms with Crippen LogP contribution >= 0.6 is 0 Å². The van der Waals surface area contributed by atoms with Crippen LogP contribution in [0.3, 0.4) is 0 Å². The second kappa shape index (κ2) is 8.62. The number of hydrogen-bond donors (Lipinski definition) is 2. The normalized spacial score (nSPS) is 15.5. The predicted molar refractivity (Wildman–Crippen MR) is 127 cm³/mol. The second-order valence-corrected chi connectivity index (χ2v) is 8.60. The first kappa shape index (κ1) is 21.1. The largest absolute Gasteiger partial charge is 0.386 e. The number of hydrogen-bond acceptors (Lipinski definition) is 4. The van der Waals surface area contributed by atoms with Gasteiger partial charge in [-0.1, -0.05) is 36.4 Å². The van der Waals surface area contributed by atoms with Crippen molar-refractivity contribution in [2.45, 2.75) is 38.9 Å². The third kappa shape index (κ3) is 4.16. The highest BCUT2D eigenvalue weighted by atomic mass is 19.1. The first-order valence-electron chi connectivity index (χ1n) is 11.1. The molecule has 2 aromatic carbocycles. The molecule has 0 spiro atoms. The van der Waals surface area contributed by atoms with Crippen LogP contribution in [0, 0.1) is 18.2 Å². The van der Waals surface area contributed by atoms with E-state index in [2.05, 4.69) is 5.32 Å². The Morgan fingerprint density at radius 1 is 1.21 bits per heavy atom. The van der Waals surface area contributed by atoms with E-state index >= 15 is 0 Å². The monoisotopic (exact) mass is 440 g/mol. The van der Waals surface area contributed by atoms with Gasteiger partial charge >= 0.3 is 0 Å². The lowest BCUT2D eigenvalue weighted by molar-refractivity contribution is 0.0766. The van der Waals surface area contributed by atoms with Gasteiger partial charge < -0.3 is 15.6 Å². The van der Waals surface area contributed by atoms with Crippen molar-refractivity contribution in [3.8, 4) is 11.3 Å². The minimum absolute atomic E-state index is 0.0953. The Morgan fingerprint density at radius 3 is 2.79 bits per heavy atom. The molecule has 1 amide bonds. The maximum atomic E-state index is 13.9. The zero-order chi connectivity index (χ0) is 22.9. The van der Waals surface area contributed by atoms with Gasteiger partial charge in [-0.05, 0) is 43.5 Å². The molecule has 1 aliphatic heterocycles. The number of carbonyl (C=O) groups excluding carboxylic acids is 1. The number of nitrogens with zero attached hydrogens (tertiary/aromatic N) is 2. The summed E-state index contributed by atoms with van der Waals surface area (Å²) in [6, 6.07) is 16.8. The third-order valence-electron chi connectivity index (χ3n) is 6.21. The van der Waals surface area contributed by atoms with Gasteiger partial charge in [0.1, 0.15) is 5.82 Å². The Balaban J connectivity index is 1.46. The molecule has 1 fully saturated rings. The number of rotatable bonds is 7. The van der Waals surface area contributed by atoms with Gasteiger partial charge in [-0.25, -0.2) is 4.39 Å². The van der Waals surface area contributed by atoms with Crippen LogP contribution in [0.15, 0.2) is 60.8 Å². The van der Waals surface area contributed by atoms with E-state index in [1.165, 1.54) is 12.3 Å². The molecule has 1 aromatic heterocycles. The van der Waals surface area contributed by atoms with E-state index < -0.39 is 0 Å². The number of amides is 1. The zero-order valence-corrected chi connectivity index (χ0v) is 18.4. The Labute approximate surface area is 192 Å². The Hall–Kier alpha value is -3.80. The van der Waals surface area contributed by atoms with Gasteiger partial charge in [0.2, 0.25) is 0 Å². The lowest BCUT2D eigenvalue weighted by Crippen LogP contribution is -2.25. The second-order valence-electron chi connectivity index (χ2n) is 8.60. The van der Waals surface area contributed by atoms with Crippen LogP contribution in [-0.2, 0) is 13.1 Å². The molecule has 0 radical (unpaired) electrons. The summed E-state index contributed by atoms with van der Waals surface area (Å²) >= 11 is 0. The van der Waals surface area contributed by atoms with Gasteiger partial charge in [0.25, 0.3) is 5.91 Å². The molecule has 2 aliphatic rings. The molecule has 0 unspecified atom stereocenters. The summed E-state index contributed by atoms with van der Waals surface area (Å²) in [5.74, 6) is -0.173. The Kier molecular flexibility index (Phi) is 5.50. The van der Waals surface area contributed by atoms with Crippen LogP contribution in [0.1, 0.15) is 45.6 Å². The number of allylic oxidation sites excluding steroid dienone is 1. The summed E-state index contributed by atoms with van der Waals surface area (Å²) in [6.07, 6.45) is 5.15. The van der Waals surface area contributed by atoms with Crippen LogP contribution < -0.4 is 5.32 Å². The number of carbonyl (C=O) groups is 1. The molecular formula is C27H25FN4O. The molecule has 0 bridgehead atoms. The van der Waals surface area contributed by atoms with Crippen molar-refractivity contribution < 1.29 is 9.18 Å². The maximum absolute atomic E-state index is 13.9. The van der Waals surface area contributed by atoms with E-state index in [9.17, 15) is 9.18 Å². The standard InChI is InChI=1S/C27H25FN4O/c1-17-6-11-23(21(13-29)15-30-14-19-4-2-3-5-25(19)28)26(31-17)18-7-8-20-16-32(22-9-10-22)27(33)24(20)12-18/h2-8,11-13,15,22,29-30H,9-10,14,16H2,1H3/b21-15+,29-13?. The topological polar surface area (TPSA) is 69.1 Å². The van der Waals surface area contributed by atoms with E-state index in [0.29, 0.717) is 30.3 Å². The smallest absolute Gasteiger partial charge is 0.254 e. The van der Waals surface area contributed by atoms with Gasteiger partial charge in [0.15, 0.2) is 0 Å². The van der Waals surface area contributed by atoms with Crippen molar-refractivity contribution in [1.82, 2.24) is 15.2 Å². The molecule has 6 heteroatoms. The summed E-state index contributed by atoms with van der Waals surface area (Å²) < 4.78 is 13.9. The van der Waals surface area contributed by atoms with Crippen molar-refractivity contribution in [3.05, 3.63) is 94.6 Å². The van der Waals surface area contributed by atoms with Crippen molar-refractivity contribution in [3.63, 3.8) is 0 Å². The fraction of sp³-hybridized carbons (Fsp3) is 0.222. The van der Waals surface area contributed by atoms with Gasteiger partial charge in [0.05, 0.1) is 5.69 Å². The molecule has 5 nitrogen and oxygen atoms in total. The molecule has 2 heterocycles. The molecule has 0 saturated heterocycles. The molecule has 3 aromatic rings. The Bertz CT molecular complexity index is 1280. The van der Waals surface area contributed by atoms with E-state index in [1.54, 1.807) is 24.4 Å². The van der Waals surface area contributed by atoms with Crippen LogP contribution in [0.2, 0.25) is 0 Å². The van der Waals surface area contributed by atoms with Crippen molar-refractivity contribution in [1.29, 1.82) is 5.41 Å². The lowest BCUT2D eigenvalue weighted by atomic mass is 9.97. The first-order chi connectivity index (χ1) is 16.0. The third-order valence-corrected chi connectivity index (χ3v) is 6.21. The quantitative estimate of drug-likeness (QED) is 0.503. The molecule has 0 atom stereocenters. The summed E-state index contributed by atoms with van der Waals surface area (Å²) in [4.78, 5) is 19.6. The number of aromatic nitrogens is 1. The maximum Gasteiger partial charge on any atom is 0.254 e. The number of benzene rings is 2.